The van der Waals surface area contributed by atoms with Gasteiger partial charge in [0.1, 0.15) is 11.6 Å². The number of methoxy groups -OCH3 is 1. The van der Waals surface area contributed by atoms with Gasteiger partial charge in [0, 0.05) is 37.2 Å². The second-order valence-corrected chi connectivity index (χ2v) is 5.95. The summed E-state index contributed by atoms with van der Waals surface area (Å²) in [6.07, 6.45) is 2.70. The highest BCUT2D eigenvalue weighted by molar-refractivity contribution is 14.0. The van der Waals surface area contributed by atoms with Crippen LogP contribution < -0.4 is 15.4 Å². The Morgan fingerprint density at radius 2 is 1.93 bits per heavy atom. The molecular weight excluding hydrogens is 458 g/mol. The lowest BCUT2D eigenvalue weighted by molar-refractivity contribution is 0.414. The van der Waals surface area contributed by atoms with Gasteiger partial charge in [0.15, 0.2) is 5.96 Å². The third-order valence-electron chi connectivity index (χ3n) is 4.26. The van der Waals surface area contributed by atoms with E-state index in [9.17, 15) is 4.39 Å². The molecule has 144 valence electrons. The molecule has 3 N–H and O–H groups in total. The van der Waals surface area contributed by atoms with Crippen LogP contribution >= 0.6 is 24.0 Å². The van der Waals surface area contributed by atoms with Crippen LogP contribution in [0.1, 0.15) is 11.1 Å². The van der Waals surface area contributed by atoms with Gasteiger partial charge in [-0.1, -0.05) is 12.1 Å². The van der Waals surface area contributed by atoms with Crippen LogP contribution in [-0.2, 0) is 13.0 Å². The van der Waals surface area contributed by atoms with Crippen LogP contribution in [0.15, 0.2) is 53.7 Å². The van der Waals surface area contributed by atoms with Crippen LogP contribution in [0, 0.1) is 5.82 Å². The molecule has 3 rings (SSSR count). The molecule has 0 bridgehead atoms. The van der Waals surface area contributed by atoms with Crippen LogP contribution in [-0.4, -0.2) is 31.6 Å². The van der Waals surface area contributed by atoms with Gasteiger partial charge in [0.25, 0.3) is 0 Å². The van der Waals surface area contributed by atoms with E-state index in [1.54, 1.807) is 26.3 Å². The van der Waals surface area contributed by atoms with Crippen LogP contribution in [0.25, 0.3) is 10.9 Å². The normalized spacial score (nSPS) is 11.1. The van der Waals surface area contributed by atoms with Gasteiger partial charge in [-0.2, -0.15) is 0 Å². The van der Waals surface area contributed by atoms with Crippen molar-refractivity contribution in [3.63, 3.8) is 0 Å². The lowest BCUT2D eigenvalue weighted by Crippen LogP contribution is -2.37. The average molecular weight is 482 g/mol. The van der Waals surface area contributed by atoms with Crippen LogP contribution in [0.5, 0.6) is 5.75 Å². The number of ether oxygens (including phenoxy) is 1. The van der Waals surface area contributed by atoms with Crippen molar-refractivity contribution >= 4 is 40.8 Å². The van der Waals surface area contributed by atoms with Crippen molar-refractivity contribution in [3.05, 3.63) is 65.6 Å². The first-order valence-electron chi connectivity index (χ1n) is 8.52. The molecule has 3 aromatic rings. The maximum absolute atomic E-state index is 13.4. The lowest BCUT2D eigenvalue weighted by atomic mass is 10.1. The molecular formula is C20H24FIN4O. The topological polar surface area (TPSA) is 61.4 Å². The molecule has 5 nitrogen and oxygen atoms in total. The number of hydrogen-bond donors (Lipinski definition) is 3. The number of fused-ring (bicyclic) bond motifs is 1. The van der Waals surface area contributed by atoms with Gasteiger partial charge >= 0.3 is 0 Å². The highest BCUT2D eigenvalue weighted by Gasteiger charge is 2.05. The number of nitrogens with one attached hydrogen (secondary N) is 3. The molecule has 7 heteroatoms. The van der Waals surface area contributed by atoms with Gasteiger partial charge < -0.3 is 20.4 Å². The minimum absolute atomic E-state index is 0. The predicted molar refractivity (Wildman–Crippen MR) is 119 cm³/mol. The zero-order chi connectivity index (χ0) is 18.4. The fourth-order valence-electron chi connectivity index (χ4n) is 2.82. The number of aliphatic imine (C=N–C) groups is 1. The summed E-state index contributed by atoms with van der Waals surface area (Å²) in [5, 5.41) is 7.49. The number of aromatic amines is 1. The van der Waals surface area contributed by atoms with Gasteiger partial charge in [-0.3, -0.25) is 4.99 Å². The molecule has 2 aromatic carbocycles. The number of hydrogen-bond acceptors (Lipinski definition) is 2. The zero-order valence-electron chi connectivity index (χ0n) is 15.4. The average Bonchev–Trinajstić information content (AvgIpc) is 3.07. The summed E-state index contributed by atoms with van der Waals surface area (Å²) in [4.78, 5) is 7.41. The molecule has 27 heavy (non-hydrogen) atoms. The monoisotopic (exact) mass is 482 g/mol. The molecule has 0 amide bonds. The number of halogens is 2. The van der Waals surface area contributed by atoms with Crippen molar-refractivity contribution in [2.75, 3.05) is 20.7 Å². The Morgan fingerprint density at radius 1 is 1.15 bits per heavy atom. The zero-order valence-corrected chi connectivity index (χ0v) is 17.7. The summed E-state index contributed by atoms with van der Waals surface area (Å²) in [6.45, 7) is 1.37. The quantitative estimate of drug-likeness (QED) is 0.284. The maximum Gasteiger partial charge on any atom is 0.191 e. The summed E-state index contributed by atoms with van der Waals surface area (Å²) in [5.41, 5.74) is 3.17. The number of benzene rings is 2. The van der Waals surface area contributed by atoms with Gasteiger partial charge in [-0.15, -0.1) is 24.0 Å². The highest BCUT2D eigenvalue weighted by Crippen LogP contribution is 2.19. The first-order valence-corrected chi connectivity index (χ1v) is 8.52. The van der Waals surface area contributed by atoms with Gasteiger partial charge in [0.2, 0.25) is 0 Å². The second kappa shape index (κ2) is 10.1. The smallest absolute Gasteiger partial charge is 0.191 e. The molecule has 0 fully saturated rings. The third kappa shape index (κ3) is 5.59. The standard InChI is InChI=1S/C20H23FN4O.HI/c1-22-20(25-12-14-3-6-17(26-2)7-4-14)23-10-9-15-13-24-19-8-5-16(21)11-18(15)19;/h3-8,11,13,24H,9-10,12H2,1-2H3,(H2,22,23,25);1H. The first-order chi connectivity index (χ1) is 12.7. The van der Waals surface area contributed by atoms with Crippen molar-refractivity contribution in [3.8, 4) is 5.75 Å². The Balaban J connectivity index is 0.00000261. The molecule has 0 saturated heterocycles. The molecule has 0 atom stereocenters. The number of rotatable bonds is 6. The summed E-state index contributed by atoms with van der Waals surface area (Å²) < 4.78 is 18.6. The Kier molecular flexibility index (Phi) is 7.90. The van der Waals surface area contributed by atoms with Gasteiger partial charge in [-0.05, 0) is 47.9 Å². The lowest BCUT2D eigenvalue weighted by Gasteiger charge is -2.12. The van der Waals surface area contributed by atoms with Crippen molar-refractivity contribution in [1.29, 1.82) is 0 Å². The second-order valence-electron chi connectivity index (χ2n) is 5.95. The number of nitrogens with zero attached hydrogens (tertiary/aromatic N) is 1. The molecule has 0 aliphatic rings. The fourth-order valence-corrected chi connectivity index (χ4v) is 2.82. The van der Waals surface area contributed by atoms with E-state index in [1.807, 2.05) is 30.5 Å². The van der Waals surface area contributed by atoms with Crippen LogP contribution in [0.2, 0.25) is 0 Å². The molecule has 0 radical (unpaired) electrons. The Hall–Kier alpha value is -2.29. The maximum atomic E-state index is 13.4. The Bertz CT molecular complexity index is 893. The summed E-state index contributed by atoms with van der Waals surface area (Å²) in [6, 6.07) is 12.7. The van der Waals surface area contributed by atoms with E-state index in [2.05, 4.69) is 20.6 Å². The van der Waals surface area contributed by atoms with E-state index in [4.69, 9.17) is 4.74 Å². The van der Waals surface area contributed by atoms with E-state index in [0.717, 1.165) is 40.2 Å². The van der Waals surface area contributed by atoms with Crippen LogP contribution in [0.3, 0.4) is 0 Å². The summed E-state index contributed by atoms with van der Waals surface area (Å²) in [5.74, 6) is 1.35. The molecule has 0 saturated carbocycles. The summed E-state index contributed by atoms with van der Waals surface area (Å²) in [7, 11) is 3.39. The number of aromatic nitrogens is 1. The predicted octanol–water partition coefficient (Wildman–Crippen LogP) is 3.84. The highest BCUT2D eigenvalue weighted by atomic mass is 127. The molecule has 0 unspecified atom stereocenters. The molecule has 0 aliphatic carbocycles. The Morgan fingerprint density at radius 3 is 2.63 bits per heavy atom. The van der Waals surface area contributed by atoms with E-state index in [-0.39, 0.29) is 29.8 Å². The van der Waals surface area contributed by atoms with E-state index in [1.165, 1.54) is 6.07 Å². The number of H-pyrrole nitrogens is 1. The molecule has 1 heterocycles. The fraction of sp³-hybridized carbons (Fsp3) is 0.250. The van der Waals surface area contributed by atoms with Crippen molar-refractivity contribution in [2.45, 2.75) is 13.0 Å². The van der Waals surface area contributed by atoms with Crippen molar-refractivity contribution < 1.29 is 9.13 Å². The van der Waals surface area contributed by atoms with Gasteiger partial charge in [0.05, 0.1) is 7.11 Å². The molecule has 0 aliphatic heterocycles. The van der Waals surface area contributed by atoms with E-state index >= 15 is 0 Å². The van der Waals surface area contributed by atoms with Gasteiger partial charge in [-0.25, -0.2) is 4.39 Å². The molecule has 0 spiro atoms. The SMILES string of the molecule is CN=C(NCCc1c[nH]c2ccc(F)cc12)NCc1ccc(OC)cc1.I. The van der Waals surface area contributed by atoms with Crippen molar-refractivity contribution in [1.82, 2.24) is 15.6 Å². The Labute approximate surface area is 175 Å². The minimum atomic E-state index is -0.219. The minimum Gasteiger partial charge on any atom is -0.497 e. The third-order valence-corrected chi connectivity index (χ3v) is 4.26. The van der Waals surface area contributed by atoms with E-state index < -0.39 is 0 Å². The first kappa shape index (κ1) is 21.0. The molecule has 1 aromatic heterocycles. The summed E-state index contributed by atoms with van der Waals surface area (Å²) >= 11 is 0. The number of guanidine groups is 1. The van der Waals surface area contributed by atoms with Crippen LogP contribution in [0.4, 0.5) is 4.39 Å². The van der Waals surface area contributed by atoms with Crippen molar-refractivity contribution in [2.24, 2.45) is 4.99 Å². The largest absolute Gasteiger partial charge is 0.497 e. The van der Waals surface area contributed by atoms with E-state index in [0.29, 0.717) is 13.1 Å².